The van der Waals surface area contributed by atoms with Gasteiger partial charge in [0.15, 0.2) is 0 Å². The van der Waals surface area contributed by atoms with Gasteiger partial charge in [0.25, 0.3) is 0 Å². The van der Waals surface area contributed by atoms with E-state index in [0.717, 1.165) is 13.1 Å². The van der Waals surface area contributed by atoms with Gasteiger partial charge < -0.3 is 0 Å². The van der Waals surface area contributed by atoms with E-state index >= 15 is 0 Å². The van der Waals surface area contributed by atoms with Crippen LogP contribution in [0.1, 0.15) is 24.3 Å². The molecule has 2 N–H and O–H groups in total. The van der Waals surface area contributed by atoms with Crippen LogP contribution in [0.25, 0.3) is 0 Å². The molecule has 2 heterocycles. The molecule has 0 amide bonds. The Hall–Kier alpha value is -0.380. The minimum atomic E-state index is 0.225. The van der Waals surface area contributed by atoms with E-state index in [-0.39, 0.29) is 5.41 Å². The smallest absolute Gasteiger partial charge is 0.0476 e. The molecule has 0 spiro atoms. The summed E-state index contributed by atoms with van der Waals surface area (Å²) in [5, 5.41) is 4.06. The topological polar surface area (TPSA) is 29.3 Å². The van der Waals surface area contributed by atoms with Gasteiger partial charge >= 0.3 is 0 Å². The molecule has 1 aromatic rings. The summed E-state index contributed by atoms with van der Waals surface area (Å²) in [6.07, 6.45) is 0. The van der Waals surface area contributed by atoms with Gasteiger partial charge in [-0.1, -0.05) is 13.8 Å². The average Bonchev–Trinajstić information content (AvgIpc) is 2.32. The first-order valence-corrected chi connectivity index (χ1v) is 5.04. The lowest BCUT2D eigenvalue weighted by atomic mass is 9.82. The fourth-order valence-corrected chi connectivity index (χ4v) is 2.98. The molecule has 66 valence electrons. The number of fused-ring (bicyclic) bond motifs is 1. The van der Waals surface area contributed by atoms with E-state index in [4.69, 9.17) is 5.84 Å². The zero-order valence-corrected chi connectivity index (χ0v) is 8.32. The number of nitrogens with zero attached hydrogens (tertiary/aromatic N) is 1. The van der Waals surface area contributed by atoms with Gasteiger partial charge in [0.1, 0.15) is 0 Å². The van der Waals surface area contributed by atoms with Crippen LogP contribution in [0.3, 0.4) is 0 Å². The maximum absolute atomic E-state index is 5.82. The largest absolute Gasteiger partial charge is 0.268 e. The van der Waals surface area contributed by atoms with Crippen molar-refractivity contribution in [2.24, 2.45) is 5.84 Å². The molecule has 0 fully saturated rings. The summed E-state index contributed by atoms with van der Waals surface area (Å²) >= 11 is 1.81. The van der Waals surface area contributed by atoms with Gasteiger partial charge in [-0.2, -0.15) is 0 Å². The average molecular weight is 182 g/mol. The van der Waals surface area contributed by atoms with E-state index < -0.39 is 0 Å². The van der Waals surface area contributed by atoms with Crippen LogP contribution in [0, 0.1) is 0 Å². The van der Waals surface area contributed by atoms with Crippen molar-refractivity contribution >= 4 is 11.3 Å². The fraction of sp³-hybridized carbons (Fsp3) is 0.556. The summed E-state index contributed by atoms with van der Waals surface area (Å²) in [6.45, 7) is 6.36. The van der Waals surface area contributed by atoms with Crippen LogP contribution < -0.4 is 5.84 Å². The van der Waals surface area contributed by atoms with Gasteiger partial charge in [0, 0.05) is 23.4 Å². The van der Waals surface area contributed by atoms with Crippen molar-refractivity contribution in [3.8, 4) is 0 Å². The number of rotatable bonds is 0. The molecule has 0 aromatic carbocycles. The molecule has 2 nitrogen and oxygen atoms in total. The molecule has 0 saturated heterocycles. The molecule has 0 bridgehead atoms. The molecule has 2 rings (SSSR count). The van der Waals surface area contributed by atoms with Gasteiger partial charge in [0.05, 0.1) is 0 Å². The van der Waals surface area contributed by atoms with Crippen molar-refractivity contribution in [2.45, 2.75) is 25.8 Å². The third-order valence-electron chi connectivity index (χ3n) is 2.42. The normalized spacial score (nSPS) is 22.2. The van der Waals surface area contributed by atoms with Gasteiger partial charge in [-0.15, -0.1) is 11.3 Å². The Labute approximate surface area is 77.0 Å². The summed E-state index contributed by atoms with van der Waals surface area (Å²) in [7, 11) is 0. The highest BCUT2D eigenvalue weighted by molar-refractivity contribution is 7.10. The number of hydrogen-bond acceptors (Lipinski definition) is 3. The Morgan fingerprint density at radius 1 is 1.58 bits per heavy atom. The summed E-state index contributed by atoms with van der Waals surface area (Å²) in [5.74, 6) is 5.82. The van der Waals surface area contributed by atoms with E-state index in [0.29, 0.717) is 0 Å². The van der Waals surface area contributed by atoms with Crippen molar-refractivity contribution in [1.29, 1.82) is 0 Å². The molecule has 0 radical (unpaired) electrons. The minimum Gasteiger partial charge on any atom is -0.268 e. The second-order valence-corrected chi connectivity index (χ2v) is 5.05. The summed E-state index contributed by atoms with van der Waals surface area (Å²) in [5.41, 5.74) is 1.71. The van der Waals surface area contributed by atoms with E-state index in [1.807, 2.05) is 16.3 Å². The van der Waals surface area contributed by atoms with Crippen LogP contribution in [-0.2, 0) is 12.0 Å². The van der Waals surface area contributed by atoms with Gasteiger partial charge in [-0.05, 0) is 17.0 Å². The Bertz CT molecular complexity index is 290. The summed E-state index contributed by atoms with van der Waals surface area (Å²) < 4.78 is 0. The molecule has 1 aliphatic heterocycles. The lowest BCUT2D eigenvalue weighted by molar-refractivity contribution is 0.202. The van der Waals surface area contributed by atoms with E-state index in [9.17, 15) is 0 Å². The monoisotopic (exact) mass is 182 g/mol. The zero-order chi connectivity index (χ0) is 8.77. The SMILES string of the molecule is CC1(C)CN(N)Cc2sccc21. The molecule has 12 heavy (non-hydrogen) atoms. The van der Waals surface area contributed by atoms with Crippen molar-refractivity contribution in [3.05, 3.63) is 21.9 Å². The van der Waals surface area contributed by atoms with Gasteiger partial charge in [0.2, 0.25) is 0 Å². The molecule has 3 heteroatoms. The highest BCUT2D eigenvalue weighted by Crippen LogP contribution is 2.34. The first-order valence-electron chi connectivity index (χ1n) is 4.16. The number of hydrogen-bond donors (Lipinski definition) is 1. The Kier molecular flexibility index (Phi) is 1.75. The lowest BCUT2D eigenvalue weighted by Gasteiger charge is -2.35. The molecule has 1 aromatic heterocycles. The molecule has 0 saturated carbocycles. The quantitative estimate of drug-likeness (QED) is 0.619. The van der Waals surface area contributed by atoms with Crippen LogP contribution in [0.4, 0.5) is 0 Å². The molecular formula is C9H14N2S. The maximum Gasteiger partial charge on any atom is 0.0476 e. The second kappa shape index (κ2) is 2.55. The van der Waals surface area contributed by atoms with Crippen molar-refractivity contribution in [3.63, 3.8) is 0 Å². The lowest BCUT2D eigenvalue weighted by Crippen LogP contribution is -2.44. The summed E-state index contributed by atoms with van der Waals surface area (Å²) in [6, 6.07) is 2.23. The van der Waals surface area contributed by atoms with Gasteiger partial charge in [-0.3, -0.25) is 5.84 Å². The molecule has 0 atom stereocenters. The maximum atomic E-state index is 5.82. The minimum absolute atomic E-state index is 0.225. The number of thiophene rings is 1. The summed E-state index contributed by atoms with van der Waals surface area (Å²) in [4.78, 5) is 1.42. The molecular weight excluding hydrogens is 168 g/mol. The Morgan fingerprint density at radius 2 is 2.33 bits per heavy atom. The third-order valence-corrected chi connectivity index (χ3v) is 3.33. The first-order chi connectivity index (χ1) is 5.59. The standard InChI is InChI=1S/C9H14N2S/c1-9(2)6-11(10)5-8-7(9)3-4-12-8/h3-4H,5-6,10H2,1-2H3. The zero-order valence-electron chi connectivity index (χ0n) is 7.50. The van der Waals surface area contributed by atoms with Crippen LogP contribution >= 0.6 is 11.3 Å². The van der Waals surface area contributed by atoms with Crippen LogP contribution in [0.15, 0.2) is 11.4 Å². The first kappa shape index (κ1) is 8.23. The third kappa shape index (κ3) is 1.18. The Morgan fingerprint density at radius 3 is 3.08 bits per heavy atom. The van der Waals surface area contributed by atoms with Crippen LogP contribution in [0.2, 0.25) is 0 Å². The van der Waals surface area contributed by atoms with Gasteiger partial charge in [-0.25, -0.2) is 5.01 Å². The van der Waals surface area contributed by atoms with Crippen LogP contribution in [-0.4, -0.2) is 11.6 Å². The number of hydrazine groups is 1. The molecule has 1 aliphatic rings. The van der Waals surface area contributed by atoms with E-state index in [1.54, 1.807) is 0 Å². The molecule has 0 aliphatic carbocycles. The highest BCUT2D eigenvalue weighted by atomic mass is 32.1. The molecule has 0 unspecified atom stereocenters. The number of nitrogens with two attached hydrogens (primary N) is 1. The van der Waals surface area contributed by atoms with Crippen molar-refractivity contribution in [1.82, 2.24) is 5.01 Å². The van der Waals surface area contributed by atoms with Crippen molar-refractivity contribution < 1.29 is 0 Å². The Balaban J connectivity index is 2.45. The van der Waals surface area contributed by atoms with Crippen LogP contribution in [0.5, 0.6) is 0 Å². The highest BCUT2D eigenvalue weighted by Gasteiger charge is 2.30. The van der Waals surface area contributed by atoms with E-state index in [2.05, 4.69) is 25.3 Å². The predicted molar refractivity (Wildman–Crippen MR) is 51.9 cm³/mol. The predicted octanol–water partition coefficient (Wildman–Crippen LogP) is 1.72. The van der Waals surface area contributed by atoms with E-state index in [1.165, 1.54) is 10.4 Å². The van der Waals surface area contributed by atoms with Crippen molar-refractivity contribution in [2.75, 3.05) is 6.54 Å². The second-order valence-electron chi connectivity index (χ2n) is 4.05. The fourth-order valence-electron chi connectivity index (χ4n) is 1.90.